The first-order chi connectivity index (χ1) is 18.0. The molecule has 4 aromatic rings. The molecule has 4 rings (SSSR count). The molecule has 0 aliphatic rings. The molecule has 13 heteroatoms. The molecule has 198 valence electrons. The standard InChI is InChI=1S/C25H26F3N9O/c1-15-5-6-17(23(38)34-19-8-16(12-36(3)4)7-18(10-19)25(26,27)28)9-20(15)35-24-32-14-33-37(24)22-11-21(29-2)30-13-31-22/h5-11,13-14H,12H2,1-4H3,(H,34,38)(H,29,30,31)(H,32,33,35). The molecule has 0 radical (unpaired) electrons. The number of alkyl halides is 3. The number of amides is 1. The maximum absolute atomic E-state index is 13.5. The molecule has 0 fully saturated rings. The van der Waals surface area contributed by atoms with Crippen LogP contribution in [0.25, 0.3) is 5.82 Å². The largest absolute Gasteiger partial charge is 0.416 e. The number of nitrogens with one attached hydrogen (secondary N) is 3. The van der Waals surface area contributed by atoms with Crippen molar-refractivity contribution >= 4 is 29.0 Å². The molecule has 10 nitrogen and oxygen atoms in total. The summed E-state index contributed by atoms with van der Waals surface area (Å²) in [7, 11) is 5.24. The van der Waals surface area contributed by atoms with Gasteiger partial charge >= 0.3 is 6.18 Å². The van der Waals surface area contributed by atoms with Crippen molar-refractivity contribution in [2.75, 3.05) is 37.1 Å². The summed E-state index contributed by atoms with van der Waals surface area (Å²) in [5, 5.41) is 12.9. The smallest absolute Gasteiger partial charge is 0.373 e. The van der Waals surface area contributed by atoms with Gasteiger partial charge in [-0.15, -0.1) is 0 Å². The van der Waals surface area contributed by atoms with Crippen LogP contribution in [0.2, 0.25) is 0 Å². The maximum atomic E-state index is 13.5. The molecule has 1 amide bonds. The van der Waals surface area contributed by atoms with E-state index in [0.29, 0.717) is 28.8 Å². The van der Waals surface area contributed by atoms with Gasteiger partial charge in [0.05, 0.1) is 5.56 Å². The Morgan fingerprint density at radius 1 is 1.03 bits per heavy atom. The van der Waals surface area contributed by atoms with Gasteiger partial charge < -0.3 is 20.9 Å². The molecular formula is C25H26F3N9O. The predicted octanol–water partition coefficient (Wildman–Crippen LogP) is 4.48. The van der Waals surface area contributed by atoms with E-state index in [-0.39, 0.29) is 17.8 Å². The number of hydrogen-bond acceptors (Lipinski definition) is 8. The lowest BCUT2D eigenvalue weighted by atomic mass is 10.1. The van der Waals surface area contributed by atoms with E-state index in [1.54, 1.807) is 50.3 Å². The van der Waals surface area contributed by atoms with Crippen LogP contribution in [0.5, 0.6) is 0 Å². The molecule has 2 aromatic carbocycles. The van der Waals surface area contributed by atoms with Gasteiger partial charge in [-0.2, -0.15) is 27.9 Å². The van der Waals surface area contributed by atoms with Gasteiger partial charge in [0.15, 0.2) is 5.82 Å². The van der Waals surface area contributed by atoms with E-state index in [1.807, 2.05) is 6.92 Å². The summed E-state index contributed by atoms with van der Waals surface area (Å²) in [6.07, 6.45) is -1.80. The van der Waals surface area contributed by atoms with Gasteiger partial charge in [0, 0.05) is 36.6 Å². The van der Waals surface area contributed by atoms with Crippen molar-refractivity contribution in [2.45, 2.75) is 19.6 Å². The van der Waals surface area contributed by atoms with Crippen molar-refractivity contribution in [3.05, 3.63) is 77.4 Å². The third-order valence-electron chi connectivity index (χ3n) is 5.50. The van der Waals surface area contributed by atoms with Crippen molar-refractivity contribution in [1.82, 2.24) is 29.6 Å². The number of aromatic nitrogens is 5. The van der Waals surface area contributed by atoms with Crippen molar-refractivity contribution in [1.29, 1.82) is 0 Å². The highest BCUT2D eigenvalue weighted by molar-refractivity contribution is 6.05. The van der Waals surface area contributed by atoms with Crippen LogP contribution in [-0.4, -0.2) is 56.7 Å². The third-order valence-corrected chi connectivity index (χ3v) is 5.50. The lowest BCUT2D eigenvalue weighted by molar-refractivity contribution is -0.137. The fraction of sp³-hybridized carbons (Fsp3) is 0.240. The minimum absolute atomic E-state index is 0.0561. The number of carbonyl (C=O) groups excluding carboxylic acids is 1. The lowest BCUT2D eigenvalue weighted by Crippen LogP contribution is -2.16. The molecule has 38 heavy (non-hydrogen) atoms. The first-order valence-electron chi connectivity index (χ1n) is 11.5. The normalized spacial score (nSPS) is 11.5. The summed E-state index contributed by atoms with van der Waals surface area (Å²) in [4.78, 5) is 27.3. The highest BCUT2D eigenvalue weighted by Gasteiger charge is 2.31. The van der Waals surface area contributed by atoms with Gasteiger partial charge in [-0.05, 0) is 62.5 Å². The van der Waals surface area contributed by atoms with Crippen LogP contribution in [0.1, 0.15) is 27.0 Å². The van der Waals surface area contributed by atoms with Crippen LogP contribution in [0.4, 0.5) is 36.3 Å². The van der Waals surface area contributed by atoms with E-state index in [1.165, 1.54) is 23.4 Å². The third kappa shape index (κ3) is 6.24. The Kier molecular flexibility index (Phi) is 7.57. The van der Waals surface area contributed by atoms with Crippen molar-refractivity contribution in [2.24, 2.45) is 0 Å². The zero-order chi connectivity index (χ0) is 27.4. The Labute approximate surface area is 216 Å². The van der Waals surface area contributed by atoms with Crippen molar-refractivity contribution < 1.29 is 18.0 Å². The zero-order valence-electron chi connectivity index (χ0n) is 21.1. The second kappa shape index (κ2) is 10.8. The summed E-state index contributed by atoms with van der Waals surface area (Å²) >= 11 is 0. The zero-order valence-corrected chi connectivity index (χ0v) is 21.1. The number of rotatable bonds is 8. The minimum Gasteiger partial charge on any atom is -0.373 e. The van der Waals surface area contributed by atoms with Crippen LogP contribution in [0.15, 0.2) is 55.1 Å². The molecule has 0 aliphatic heterocycles. The molecule has 0 bridgehead atoms. The highest BCUT2D eigenvalue weighted by atomic mass is 19.4. The van der Waals surface area contributed by atoms with Crippen molar-refractivity contribution in [3.63, 3.8) is 0 Å². The number of carbonyl (C=O) groups is 1. The number of benzene rings is 2. The molecule has 0 saturated heterocycles. The molecule has 0 aliphatic carbocycles. The Morgan fingerprint density at radius 3 is 2.53 bits per heavy atom. The van der Waals surface area contributed by atoms with Gasteiger partial charge in [0.25, 0.3) is 5.91 Å². The second-order valence-corrected chi connectivity index (χ2v) is 8.77. The van der Waals surface area contributed by atoms with Crippen molar-refractivity contribution in [3.8, 4) is 5.82 Å². The Hall–Kier alpha value is -4.52. The van der Waals surface area contributed by atoms with Crippen LogP contribution < -0.4 is 16.0 Å². The number of anilines is 4. The Morgan fingerprint density at radius 2 is 1.82 bits per heavy atom. The van der Waals surface area contributed by atoms with E-state index >= 15 is 0 Å². The second-order valence-electron chi connectivity index (χ2n) is 8.77. The topological polar surface area (TPSA) is 113 Å². The first kappa shape index (κ1) is 26.5. The molecule has 0 atom stereocenters. The van der Waals surface area contributed by atoms with E-state index in [0.717, 1.165) is 17.7 Å². The summed E-state index contributed by atoms with van der Waals surface area (Å²) < 4.78 is 41.9. The van der Waals surface area contributed by atoms with Gasteiger partial charge in [0.1, 0.15) is 18.5 Å². The van der Waals surface area contributed by atoms with Crippen LogP contribution in [0, 0.1) is 6.92 Å². The Bertz CT molecular complexity index is 1450. The molecule has 0 unspecified atom stereocenters. The summed E-state index contributed by atoms with van der Waals surface area (Å²) in [6, 6.07) is 10.1. The maximum Gasteiger partial charge on any atom is 0.416 e. The average molecular weight is 526 g/mol. The molecule has 2 heterocycles. The van der Waals surface area contributed by atoms with E-state index in [4.69, 9.17) is 0 Å². The van der Waals surface area contributed by atoms with Crippen LogP contribution >= 0.6 is 0 Å². The average Bonchev–Trinajstić information content (AvgIpc) is 3.32. The molecule has 3 N–H and O–H groups in total. The van der Waals surface area contributed by atoms with E-state index < -0.39 is 17.6 Å². The first-order valence-corrected chi connectivity index (χ1v) is 11.5. The molecular weight excluding hydrogens is 499 g/mol. The fourth-order valence-corrected chi connectivity index (χ4v) is 3.70. The summed E-state index contributed by atoms with van der Waals surface area (Å²) in [6.45, 7) is 2.13. The van der Waals surface area contributed by atoms with E-state index in [9.17, 15) is 18.0 Å². The lowest BCUT2D eigenvalue weighted by Gasteiger charge is -2.16. The molecule has 0 spiro atoms. The minimum atomic E-state index is -4.55. The van der Waals surface area contributed by atoms with Crippen LogP contribution in [0.3, 0.4) is 0 Å². The van der Waals surface area contributed by atoms with Gasteiger partial charge in [0.2, 0.25) is 5.95 Å². The van der Waals surface area contributed by atoms with E-state index in [2.05, 4.69) is 36.0 Å². The number of halogens is 3. The highest BCUT2D eigenvalue weighted by Crippen LogP contribution is 2.32. The quantitative estimate of drug-likeness (QED) is 0.309. The number of aryl methyl sites for hydroxylation is 1. The number of nitrogens with zero attached hydrogens (tertiary/aromatic N) is 6. The van der Waals surface area contributed by atoms with Gasteiger partial charge in [-0.1, -0.05) is 6.07 Å². The monoisotopic (exact) mass is 525 g/mol. The Balaban J connectivity index is 1.59. The molecule has 2 aromatic heterocycles. The predicted molar refractivity (Wildman–Crippen MR) is 138 cm³/mol. The summed E-state index contributed by atoms with van der Waals surface area (Å²) in [5.41, 5.74) is 1.27. The SMILES string of the molecule is CNc1cc(-n2ncnc2Nc2cc(C(=O)Nc3cc(CN(C)C)cc(C(F)(F)F)c3)ccc2C)ncn1. The summed E-state index contributed by atoms with van der Waals surface area (Å²) in [5.74, 6) is 0.848. The van der Waals surface area contributed by atoms with Gasteiger partial charge in [-0.25, -0.2) is 9.97 Å². The van der Waals surface area contributed by atoms with Crippen LogP contribution in [-0.2, 0) is 12.7 Å². The fourth-order valence-electron chi connectivity index (χ4n) is 3.70. The van der Waals surface area contributed by atoms with Gasteiger partial charge in [-0.3, -0.25) is 4.79 Å². The molecule has 0 saturated carbocycles. The number of hydrogen-bond donors (Lipinski definition) is 3.